The van der Waals surface area contributed by atoms with Gasteiger partial charge in [0.2, 0.25) is 15.9 Å². The standard InChI is InChI=1S/C19H29N3O3S.ClH/c1-14-5-6-18(12-15(14)2)26(24,25)22-10-7-16(8-11-22)19(23)21-17-4-3-9-20-13-17;/h5-6,12,16-17,20H,3-4,7-11,13H2,1-2H3,(H,21,23);1H/t17-;/m0./s1. The second-order valence-corrected chi connectivity index (χ2v) is 9.41. The Balaban J connectivity index is 0.00000261. The highest BCUT2D eigenvalue weighted by molar-refractivity contribution is 7.89. The Labute approximate surface area is 168 Å². The number of rotatable bonds is 4. The molecule has 1 aromatic rings. The molecule has 6 nitrogen and oxygen atoms in total. The van der Waals surface area contributed by atoms with Gasteiger partial charge in [-0.3, -0.25) is 4.79 Å². The number of carbonyl (C=O) groups excluding carboxylic acids is 1. The van der Waals surface area contributed by atoms with Gasteiger partial charge in [0.25, 0.3) is 0 Å². The van der Waals surface area contributed by atoms with E-state index in [-0.39, 0.29) is 30.3 Å². The molecule has 2 heterocycles. The summed E-state index contributed by atoms with van der Waals surface area (Å²) >= 11 is 0. The number of aryl methyl sites for hydroxylation is 2. The molecule has 27 heavy (non-hydrogen) atoms. The van der Waals surface area contributed by atoms with E-state index in [9.17, 15) is 13.2 Å². The molecule has 0 aliphatic carbocycles. The number of hydrogen-bond acceptors (Lipinski definition) is 4. The average Bonchev–Trinajstić information content (AvgIpc) is 2.65. The van der Waals surface area contributed by atoms with E-state index >= 15 is 0 Å². The zero-order chi connectivity index (χ0) is 18.7. The maximum atomic E-state index is 12.9. The van der Waals surface area contributed by atoms with Crippen molar-refractivity contribution in [3.63, 3.8) is 0 Å². The zero-order valence-corrected chi connectivity index (χ0v) is 17.7. The van der Waals surface area contributed by atoms with E-state index in [0.717, 1.165) is 37.1 Å². The predicted octanol–water partition coefficient (Wildman–Crippen LogP) is 1.99. The van der Waals surface area contributed by atoms with Crippen molar-refractivity contribution in [3.05, 3.63) is 29.3 Å². The van der Waals surface area contributed by atoms with Gasteiger partial charge in [-0.05, 0) is 69.3 Å². The van der Waals surface area contributed by atoms with Crippen molar-refractivity contribution >= 4 is 28.3 Å². The SMILES string of the molecule is Cc1ccc(S(=O)(=O)N2CCC(C(=O)N[C@H]3CCCNC3)CC2)cc1C.Cl. The van der Waals surface area contributed by atoms with Crippen LogP contribution in [0, 0.1) is 19.8 Å². The summed E-state index contributed by atoms with van der Waals surface area (Å²) in [6.45, 7) is 6.53. The molecule has 2 saturated heterocycles. The third-order valence-electron chi connectivity index (χ3n) is 5.58. The number of amides is 1. The molecular weight excluding hydrogens is 386 g/mol. The number of sulfonamides is 1. The Morgan fingerprint density at radius 3 is 2.44 bits per heavy atom. The molecule has 0 unspecified atom stereocenters. The Morgan fingerprint density at radius 1 is 1.15 bits per heavy atom. The first-order chi connectivity index (χ1) is 12.4. The van der Waals surface area contributed by atoms with Crippen LogP contribution in [0.5, 0.6) is 0 Å². The van der Waals surface area contributed by atoms with Crippen LogP contribution in [0.25, 0.3) is 0 Å². The molecule has 2 N–H and O–H groups in total. The molecule has 0 spiro atoms. The molecule has 2 aliphatic rings. The molecule has 0 bridgehead atoms. The fourth-order valence-corrected chi connectivity index (χ4v) is 5.23. The van der Waals surface area contributed by atoms with Gasteiger partial charge in [-0.1, -0.05) is 6.07 Å². The maximum Gasteiger partial charge on any atom is 0.243 e. The summed E-state index contributed by atoms with van der Waals surface area (Å²) < 4.78 is 27.2. The molecule has 8 heteroatoms. The van der Waals surface area contributed by atoms with Crippen molar-refractivity contribution < 1.29 is 13.2 Å². The number of benzene rings is 1. The van der Waals surface area contributed by atoms with Crippen LogP contribution in [0.1, 0.15) is 36.8 Å². The topological polar surface area (TPSA) is 78.5 Å². The first kappa shape index (κ1) is 22.1. The van der Waals surface area contributed by atoms with E-state index in [4.69, 9.17) is 0 Å². The van der Waals surface area contributed by atoms with Crippen molar-refractivity contribution in [2.45, 2.75) is 50.5 Å². The van der Waals surface area contributed by atoms with Crippen molar-refractivity contribution in [3.8, 4) is 0 Å². The molecule has 0 saturated carbocycles. The van der Waals surface area contributed by atoms with E-state index in [1.807, 2.05) is 19.9 Å². The van der Waals surface area contributed by atoms with Crippen LogP contribution in [-0.2, 0) is 14.8 Å². The van der Waals surface area contributed by atoms with Crippen molar-refractivity contribution in [1.82, 2.24) is 14.9 Å². The normalized spacial score (nSPS) is 22.1. The van der Waals surface area contributed by atoms with Gasteiger partial charge in [0, 0.05) is 31.6 Å². The summed E-state index contributed by atoms with van der Waals surface area (Å²) in [5.74, 6) is -0.0231. The molecule has 1 aromatic carbocycles. The smallest absolute Gasteiger partial charge is 0.243 e. The minimum atomic E-state index is -3.49. The Kier molecular flexibility index (Phi) is 7.68. The molecular formula is C19H30ClN3O3S. The third kappa shape index (κ3) is 5.22. The van der Waals surface area contributed by atoms with Gasteiger partial charge in [-0.15, -0.1) is 12.4 Å². The average molecular weight is 416 g/mol. The van der Waals surface area contributed by atoms with Gasteiger partial charge in [0.1, 0.15) is 0 Å². The molecule has 3 rings (SSSR count). The highest BCUT2D eigenvalue weighted by atomic mass is 35.5. The molecule has 152 valence electrons. The minimum Gasteiger partial charge on any atom is -0.352 e. The lowest BCUT2D eigenvalue weighted by atomic mass is 9.96. The van der Waals surface area contributed by atoms with E-state index < -0.39 is 10.0 Å². The number of halogens is 1. The summed E-state index contributed by atoms with van der Waals surface area (Å²) in [6, 6.07) is 5.46. The van der Waals surface area contributed by atoms with Gasteiger partial charge < -0.3 is 10.6 Å². The first-order valence-corrected chi connectivity index (χ1v) is 10.9. The van der Waals surface area contributed by atoms with Gasteiger partial charge in [-0.2, -0.15) is 4.31 Å². The summed E-state index contributed by atoms with van der Waals surface area (Å²) in [4.78, 5) is 12.8. The first-order valence-electron chi connectivity index (χ1n) is 9.46. The molecule has 2 aliphatic heterocycles. The van der Waals surface area contributed by atoms with Crippen LogP contribution in [-0.4, -0.2) is 50.9 Å². The van der Waals surface area contributed by atoms with Crippen LogP contribution in [0.4, 0.5) is 0 Å². The second kappa shape index (κ2) is 9.37. The highest BCUT2D eigenvalue weighted by Gasteiger charge is 2.32. The largest absolute Gasteiger partial charge is 0.352 e. The lowest BCUT2D eigenvalue weighted by molar-refractivity contribution is -0.126. The Hall–Kier alpha value is -1.15. The van der Waals surface area contributed by atoms with Crippen LogP contribution >= 0.6 is 12.4 Å². The summed E-state index contributed by atoms with van der Waals surface area (Å²) in [7, 11) is -3.49. The number of nitrogens with zero attached hydrogens (tertiary/aromatic N) is 1. The number of piperidine rings is 2. The molecule has 2 fully saturated rings. The zero-order valence-electron chi connectivity index (χ0n) is 16.0. The summed E-state index contributed by atoms with van der Waals surface area (Å²) in [5.41, 5.74) is 2.05. The van der Waals surface area contributed by atoms with E-state index in [2.05, 4.69) is 10.6 Å². The Morgan fingerprint density at radius 2 is 1.85 bits per heavy atom. The fraction of sp³-hybridized carbons (Fsp3) is 0.632. The van der Waals surface area contributed by atoms with Gasteiger partial charge in [0.05, 0.1) is 4.90 Å². The van der Waals surface area contributed by atoms with Crippen LogP contribution < -0.4 is 10.6 Å². The Bertz CT molecular complexity index is 755. The molecule has 1 atom stereocenters. The monoisotopic (exact) mass is 415 g/mol. The highest BCUT2D eigenvalue weighted by Crippen LogP contribution is 2.25. The van der Waals surface area contributed by atoms with E-state index in [1.165, 1.54) is 4.31 Å². The van der Waals surface area contributed by atoms with E-state index in [0.29, 0.717) is 30.8 Å². The fourth-order valence-electron chi connectivity index (χ4n) is 3.68. The van der Waals surface area contributed by atoms with Crippen LogP contribution in [0.2, 0.25) is 0 Å². The van der Waals surface area contributed by atoms with Crippen molar-refractivity contribution in [2.24, 2.45) is 5.92 Å². The summed E-state index contributed by atoms with van der Waals surface area (Å²) in [6.07, 6.45) is 3.25. The maximum absolute atomic E-state index is 12.9. The van der Waals surface area contributed by atoms with Crippen LogP contribution in [0.3, 0.4) is 0 Å². The number of carbonyl (C=O) groups is 1. The van der Waals surface area contributed by atoms with Crippen molar-refractivity contribution in [1.29, 1.82) is 0 Å². The predicted molar refractivity (Wildman–Crippen MR) is 109 cm³/mol. The van der Waals surface area contributed by atoms with Gasteiger partial charge >= 0.3 is 0 Å². The lowest BCUT2D eigenvalue weighted by Crippen LogP contribution is -2.49. The minimum absolute atomic E-state index is 0. The summed E-state index contributed by atoms with van der Waals surface area (Å²) in [5, 5.41) is 6.41. The quantitative estimate of drug-likeness (QED) is 0.788. The van der Waals surface area contributed by atoms with Gasteiger partial charge in [-0.25, -0.2) is 8.42 Å². The number of nitrogens with one attached hydrogen (secondary N) is 2. The van der Waals surface area contributed by atoms with E-state index in [1.54, 1.807) is 12.1 Å². The second-order valence-electron chi connectivity index (χ2n) is 7.48. The lowest BCUT2D eigenvalue weighted by Gasteiger charge is -2.32. The molecule has 0 radical (unpaired) electrons. The number of hydrogen-bond donors (Lipinski definition) is 2. The van der Waals surface area contributed by atoms with Crippen LogP contribution in [0.15, 0.2) is 23.1 Å². The van der Waals surface area contributed by atoms with Crippen molar-refractivity contribution in [2.75, 3.05) is 26.2 Å². The molecule has 0 aromatic heterocycles. The molecule has 1 amide bonds. The third-order valence-corrected chi connectivity index (χ3v) is 7.48. The van der Waals surface area contributed by atoms with Gasteiger partial charge in [0.15, 0.2) is 0 Å².